The number of nitrogens with two attached hydrogens (primary N) is 1. The maximum Gasteiger partial charge on any atom is 0.278 e. The molecule has 2 rings (SSSR count). The van der Waals surface area contributed by atoms with Crippen molar-refractivity contribution >= 4 is 18.0 Å². The quantitative estimate of drug-likeness (QED) is 0.646. The van der Waals surface area contributed by atoms with Crippen LogP contribution in [-0.4, -0.2) is 17.3 Å². The Labute approximate surface area is 110 Å². The minimum atomic E-state index is -0.445. The molecule has 0 atom stereocenters. The predicted octanol–water partition coefficient (Wildman–Crippen LogP) is 1.64. The number of amides is 1. The van der Waals surface area contributed by atoms with Crippen molar-refractivity contribution < 1.29 is 9.32 Å². The van der Waals surface area contributed by atoms with Gasteiger partial charge in [-0.1, -0.05) is 35.0 Å². The molecule has 6 nitrogen and oxygen atoms in total. The lowest BCUT2D eigenvalue weighted by atomic mass is 10.2. The molecule has 1 amide bonds. The fourth-order valence-corrected chi connectivity index (χ4v) is 1.54. The molecule has 0 aliphatic heterocycles. The second-order valence-corrected chi connectivity index (χ2v) is 4.12. The van der Waals surface area contributed by atoms with Crippen LogP contribution < -0.4 is 11.2 Å². The van der Waals surface area contributed by atoms with Gasteiger partial charge in [0.1, 0.15) is 5.56 Å². The molecule has 1 heterocycles. The number of nitrogens with zero attached hydrogens (tertiary/aromatic N) is 2. The van der Waals surface area contributed by atoms with Crippen molar-refractivity contribution in [3.05, 3.63) is 46.6 Å². The Morgan fingerprint density at radius 3 is 2.63 bits per heavy atom. The molecule has 1 aromatic heterocycles. The molecule has 19 heavy (non-hydrogen) atoms. The van der Waals surface area contributed by atoms with Gasteiger partial charge in [0.05, 0.1) is 11.9 Å². The van der Waals surface area contributed by atoms with Gasteiger partial charge in [0.25, 0.3) is 5.91 Å². The van der Waals surface area contributed by atoms with Crippen LogP contribution in [0.4, 0.5) is 5.88 Å². The lowest BCUT2D eigenvalue weighted by molar-refractivity contribution is 0.0955. The molecule has 0 radical (unpaired) electrons. The van der Waals surface area contributed by atoms with Crippen molar-refractivity contribution in [1.82, 2.24) is 10.6 Å². The summed E-state index contributed by atoms with van der Waals surface area (Å²) >= 11 is 0. The van der Waals surface area contributed by atoms with Crippen molar-refractivity contribution in [2.24, 2.45) is 5.10 Å². The van der Waals surface area contributed by atoms with E-state index in [2.05, 4.69) is 15.7 Å². The van der Waals surface area contributed by atoms with Gasteiger partial charge >= 0.3 is 0 Å². The Balaban J connectivity index is 2.03. The first-order chi connectivity index (χ1) is 9.08. The van der Waals surface area contributed by atoms with Gasteiger partial charge in [0.15, 0.2) is 0 Å². The molecular formula is C13H14N4O2. The second-order valence-electron chi connectivity index (χ2n) is 4.12. The van der Waals surface area contributed by atoms with Gasteiger partial charge in [-0.2, -0.15) is 5.10 Å². The van der Waals surface area contributed by atoms with E-state index in [1.165, 1.54) is 0 Å². The standard InChI is InChI=1S/C13H14N4O2/c1-8-3-5-10(6-4-8)7-15-16-13(18)11-9(2)17-19-12(11)14/h3-7H,14H2,1-2H3,(H,16,18)/b15-7+. The summed E-state index contributed by atoms with van der Waals surface area (Å²) in [6.45, 7) is 3.64. The van der Waals surface area contributed by atoms with Crippen molar-refractivity contribution in [2.75, 3.05) is 5.73 Å². The Kier molecular flexibility index (Phi) is 3.61. The zero-order valence-corrected chi connectivity index (χ0v) is 10.7. The van der Waals surface area contributed by atoms with Crippen LogP contribution in [-0.2, 0) is 0 Å². The van der Waals surface area contributed by atoms with Crippen LogP contribution in [0.2, 0.25) is 0 Å². The number of aromatic nitrogens is 1. The smallest absolute Gasteiger partial charge is 0.278 e. The minimum Gasteiger partial charge on any atom is -0.367 e. The van der Waals surface area contributed by atoms with Crippen LogP contribution in [0.15, 0.2) is 33.9 Å². The molecule has 6 heteroatoms. The lowest BCUT2D eigenvalue weighted by Crippen LogP contribution is -2.19. The van der Waals surface area contributed by atoms with Gasteiger partial charge in [-0.15, -0.1) is 0 Å². The van der Waals surface area contributed by atoms with E-state index >= 15 is 0 Å². The molecular weight excluding hydrogens is 244 g/mol. The number of anilines is 1. The first-order valence-corrected chi connectivity index (χ1v) is 5.69. The van der Waals surface area contributed by atoms with E-state index in [0.717, 1.165) is 11.1 Å². The van der Waals surface area contributed by atoms with Crippen LogP contribution in [0, 0.1) is 13.8 Å². The van der Waals surface area contributed by atoms with Gasteiger partial charge in [-0.3, -0.25) is 4.79 Å². The molecule has 3 N–H and O–H groups in total. The molecule has 0 aliphatic carbocycles. The maximum atomic E-state index is 11.8. The Morgan fingerprint density at radius 2 is 2.05 bits per heavy atom. The molecule has 0 bridgehead atoms. The van der Waals surface area contributed by atoms with Crippen molar-refractivity contribution in [1.29, 1.82) is 0 Å². The van der Waals surface area contributed by atoms with Crippen molar-refractivity contribution in [2.45, 2.75) is 13.8 Å². The topological polar surface area (TPSA) is 93.5 Å². The summed E-state index contributed by atoms with van der Waals surface area (Å²) in [4.78, 5) is 11.8. The number of nitrogens with one attached hydrogen (secondary N) is 1. The average Bonchev–Trinajstić information content (AvgIpc) is 2.71. The zero-order valence-electron chi connectivity index (χ0n) is 10.7. The second kappa shape index (κ2) is 5.34. The third-order valence-corrected chi connectivity index (χ3v) is 2.57. The third kappa shape index (κ3) is 2.98. The summed E-state index contributed by atoms with van der Waals surface area (Å²) < 4.78 is 4.71. The van der Waals surface area contributed by atoms with Gasteiger partial charge in [-0.05, 0) is 19.4 Å². The van der Waals surface area contributed by atoms with E-state index in [-0.39, 0.29) is 11.4 Å². The molecule has 0 spiro atoms. The highest BCUT2D eigenvalue weighted by Gasteiger charge is 2.17. The van der Waals surface area contributed by atoms with Crippen molar-refractivity contribution in [3.8, 4) is 0 Å². The first-order valence-electron chi connectivity index (χ1n) is 5.69. The number of hydrazone groups is 1. The van der Waals surface area contributed by atoms with E-state index in [1.54, 1.807) is 13.1 Å². The van der Waals surface area contributed by atoms with Gasteiger partial charge in [-0.25, -0.2) is 5.43 Å². The van der Waals surface area contributed by atoms with Crippen LogP contribution in [0.25, 0.3) is 0 Å². The number of benzene rings is 1. The highest BCUT2D eigenvalue weighted by molar-refractivity contribution is 5.99. The van der Waals surface area contributed by atoms with Crippen LogP contribution in [0.3, 0.4) is 0 Å². The average molecular weight is 258 g/mol. The Morgan fingerprint density at radius 1 is 1.37 bits per heavy atom. The monoisotopic (exact) mass is 258 g/mol. The summed E-state index contributed by atoms with van der Waals surface area (Å²) in [5.41, 5.74) is 10.6. The predicted molar refractivity (Wildman–Crippen MR) is 71.9 cm³/mol. The van der Waals surface area contributed by atoms with Crippen molar-refractivity contribution in [3.63, 3.8) is 0 Å². The molecule has 1 aromatic carbocycles. The number of hydrogen-bond donors (Lipinski definition) is 2. The first kappa shape index (κ1) is 12.8. The van der Waals surface area contributed by atoms with E-state index in [9.17, 15) is 4.79 Å². The molecule has 98 valence electrons. The largest absolute Gasteiger partial charge is 0.367 e. The summed E-state index contributed by atoms with van der Waals surface area (Å²) in [6, 6.07) is 7.74. The number of rotatable bonds is 3. The molecule has 0 saturated heterocycles. The molecule has 0 saturated carbocycles. The molecule has 2 aromatic rings. The lowest BCUT2D eigenvalue weighted by Gasteiger charge is -1.98. The number of aryl methyl sites for hydroxylation is 2. The van der Waals surface area contributed by atoms with Gasteiger partial charge < -0.3 is 10.3 Å². The summed E-state index contributed by atoms with van der Waals surface area (Å²) in [5.74, 6) is -0.458. The summed E-state index contributed by atoms with van der Waals surface area (Å²) in [5, 5.41) is 7.46. The number of carbonyl (C=O) groups is 1. The Bertz CT molecular complexity index is 595. The number of nitrogen functional groups attached to an aromatic ring is 1. The van der Waals surface area contributed by atoms with Crippen LogP contribution in [0.1, 0.15) is 27.2 Å². The fourth-order valence-electron chi connectivity index (χ4n) is 1.54. The zero-order chi connectivity index (χ0) is 13.8. The SMILES string of the molecule is Cc1ccc(/C=N/NC(=O)c2c(C)noc2N)cc1. The molecule has 0 aliphatic rings. The summed E-state index contributed by atoms with van der Waals surface area (Å²) in [6.07, 6.45) is 1.55. The van der Waals surface area contributed by atoms with E-state index < -0.39 is 5.91 Å². The van der Waals surface area contributed by atoms with Crippen LogP contribution >= 0.6 is 0 Å². The third-order valence-electron chi connectivity index (χ3n) is 2.57. The van der Waals surface area contributed by atoms with Crippen LogP contribution in [0.5, 0.6) is 0 Å². The highest BCUT2D eigenvalue weighted by atomic mass is 16.5. The van der Waals surface area contributed by atoms with Gasteiger partial charge in [0.2, 0.25) is 5.88 Å². The minimum absolute atomic E-state index is 0.0134. The van der Waals surface area contributed by atoms with E-state index in [0.29, 0.717) is 5.69 Å². The van der Waals surface area contributed by atoms with E-state index in [4.69, 9.17) is 10.3 Å². The molecule has 0 unspecified atom stereocenters. The maximum absolute atomic E-state index is 11.8. The van der Waals surface area contributed by atoms with E-state index in [1.807, 2.05) is 31.2 Å². The highest BCUT2D eigenvalue weighted by Crippen LogP contribution is 2.14. The molecule has 0 fully saturated rings. The number of hydrogen-bond acceptors (Lipinski definition) is 5. The summed E-state index contributed by atoms with van der Waals surface area (Å²) in [7, 11) is 0. The Hall–Kier alpha value is -2.63. The normalized spacial score (nSPS) is 10.8. The van der Waals surface area contributed by atoms with Gasteiger partial charge in [0, 0.05) is 0 Å². The number of carbonyl (C=O) groups excluding carboxylic acids is 1. The fraction of sp³-hybridized carbons (Fsp3) is 0.154.